The Balaban J connectivity index is 3.14. The largest absolute Gasteiger partial charge is 0.312 e. The zero-order chi connectivity index (χ0) is 9.57. The summed E-state index contributed by atoms with van der Waals surface area (Å²) in [6.45, 7) is 7.41. The third-order valence-corrected chi connectivity index (χ3v) is 2.35. The Labute approximate surface area is 72.9 Å². The average Bonchev–Trinajstić information content (AvgIpc) is 2.11. The molecule has 0 aromatic heterocycles. The van der Waals surface area contributed by atoms with Crippen LogP contribution in [0.1, 0.15) is 27.7 Å². The predicted molar refractivity (Wildman–Crippen MR) is 45.5 cm³/mol. The molecule has 1 heterocycles. The summed E-state index contributed by atoms with van der Waals surface area (Å²) in [4.78, 5) is 0. The average molecular weight is 166 g/mol. The van der Waals surface area contributed by atoms with E-state index in [2.05, 4.69) is 6.07 Å². The van der Waals surface area contributed by atoms with Crippen molar-refractivity contribution in [1.29, 1.82) is 5.26 Å². The Morgan fingerprint density at radius 3 is 2.08 bits per heavy atom. The Morgan fingerprint density at radius 2 is 1.92 bits per heavy atom. The van der Waals surface area contributed by atoms with E-state index in [0.717, 1.165) is 0 Å². The van der Waals surface area contributed by atoms with Gasteiger partial charge in [0, 0.05) is 5.57 Å². The van der Waals surface area contributed by atoms with E-state index in [-0.39, 0.29) is 0 Å². The van der Waals surface area contributed by atoms with Crippen molar-refractivity contribution in [1.82, 2.24) is 5.06 Å². The highest BCUT2D eigenvalue weighted by atomic mass is 16.5. The van der Waals surface area contributed by atoms with Gasteiger partial charge in [0.1, 0.15) is 0 Å². The molecule has 0 radical (unpaired) electrons. The van der Waals surface area contributed by atoms with Crippen LogP contribution in [0.5, 0.6) is 0 Å². The minimum atomic E-state index is -0.557. The molecule has 0 unspecified atom stereocenters. The number of nitrogens with zero attached hydrogens (tertiary/aromatic N) is 2. The second-order valence-electron chi connectivity index (χ2n) is 4.19. The van der Waals surface area contributed by atoms with Crippen LogP contribution in [0.3, 0.4) is 0 Å². The maximum atomic E-state index is 9.72. The summed E-state index contributed by atoms with van der Waals surface area (Å²) in [5.74, 6) is 0. The molecule has 1 N–H and O–H groups in total. The third-order valence-electron chi connectivity index (χ3n) is 2.35. The van der Waals surface area contributed by atoms with E-state index in [4.69, 9.17) is 5.26 Å². The second-order valence-corrected chi connectivity index (χ2v) is 4.19. The summed E-state index contributed by atoms with van der Waals surface area (Å²) in [5, 5.41) is 19.7. The molecule has 0 saturated carbocycles. The van der Waals surface area contributed by atoms with Crippen molar-refractivity contribution >= 4 is 0 Å². The highest BCUT2D eigenvalue weighted by Gasteiger charge is 2.45. The standard InChI is InChI=1S/C9H14N2O/c1-8(2)5-7(6-10)9(3,4)11(8)12/h5,12H,1-4H3. The van der Waals surface area contributed by atoms with Crippen molar-refractivity contribution in [2.24, 2.45) is 0 Å². The molecule has 66 valence electrons. The lowest BCUT2D eigenvalue weighted by atomic mass is 9.98. The van der Waals surface area contributed by atoms with Crippen molar-refractivity contribution in [3.63, 3.8) is 0 Å². The van der Waals surface area contributed by atoms with Crippen LogP contribution in [0.2, 0.25) is 0 Å². The smallest absolute Gasteiger partial charge is 0.0965 e. The zero-order valence-electron chi connectivity index (χ0n) is 7.92. The molecule has 0 spiro atoms. The zero-order valence-corrected chi connectivity index (χ0v) is 7.92. The topological polar surface area (TPSA) is 47.3 Å². The second kappa shape index (κ2) is 2.32. The van der Waals surface area contributed by atoms with Gasteiger partial charge in [-0.1, -0.05) is 0 Å². The number of rotatable bonds is 0. The van der Waals surface area contributed by atoms with Crippen LogP contribution in [-0.4, -0.2) is 21.3 Å². The molecule has 0 aliphatic carbocycles. The minimum absolute atomic E-state index is 0.436. The molecule has 3 heteroatoms. The van der Waals surface area contributed by atoms with Crippen LogP contribution in [0.15, 0.2) is 11.6 Å². The molecule has 3 nitrogen and oxygen atoms in total. The molecular formula is C9H14N2O. The van der Waals surface area contributed by atoms with E-state index < -0.39 is 11.1 Å². The summed E-state index contributed by atoms with van der Waals surface area (Å²) >= 11 is 0. The maximum Gasteiger partial charge on any atom is 0.0965 e. The SMILES string of the molecule is CC1(C)C=C(C#N)C(C)(C)N1O. The van der Waals surface area contributed by atoms with Crippen LogP contribution in [-0.2, 0) is 0 Å². The number of hydrogen-bond donors (Lipinski definition) is 1. The van der Waals surface area contributed by atoms with Crippen LogP contribution in [0.4, 0.5) is 0 Å². The van der Waals surface area contributed by atoms with E-state index in [0.29, 0.717) is 5.57 Å². The molecule has 0 aromatic carbocycles. The Morgan fingerprint density at radius 1 is 1.42 bits per heavy atom. The summed E-state index contributed by atoms with van der Waals surface area (Å²) in [6.07, 6.45) is 1.80. The molecule has 12 heavy (non-hydrogen) atoms. The predicted octanol–water partition coefficient (Wildman–Crippen LogP) is 1.70. The van der Waals surface area contributed by atoms with Crippen molar-refractivity contribution in [3.8, 4) is 6.07 Å². The Kier molecular flexibility index (Phi) is 1.78. The van der Waals surface area contributed by atoms with E-state index in [1.54, 1.807) is 6.08 Å². The molecule has 1 aliphatic rings. The molecule has 1 rings (SSSR count). The Bertz CT molecular complexity index is 271. The first-order chi connectivity index (χ1) is 5.32. The fourth-order valence-corrected chi connectivity index (χ4v) is 1.59. The molecule has 0 atom stereocenters. The fourth-order valence-electron chi connectivity index (χ4n) is 1.59. The summed E-state index contributed by atoms with van der Waals surface area (Å²) in [6, 6.07) is 2.10. The number of nitriles is 1. The summed E-state index contributed by atoms with van der Waals surface area (Å²) < 4.78 is 0. The van der Waals surface area contributed by atoms with Crippen molar-refractivity contribution < 1.29 is 5.21 Å². The molecule has 0 fully saturated rings. The lowest BCUT2D eigenvalue weighted by Gasteiger charge is -2.34. The van der Waals surface area contributed by atoms with Crippen LogP contribution in [0.25, 0.3) is 0 Å². The highest BCUT2D eigenvalue weighted by molar-refractivity contribution is 5.39. The van der Waals surface area contributed by atoms with Gasteiger partial charge in [0.15, 0.2) is 0 Å². The van der Waals surface area contributed by atoms with Crippen LogP contribution in [0, 0.1) is 11.3 Å². The van der Waals surface area contributed by atoms with Crippen molar-refractivity contribution in [2.75, 3.05) is 0 Å². The van der Waals surface area contributed by atoms with Gasteiger partial charge in [-0.3, -0.25) is 0 Å². The van der Waals surface area contributed by atoms with Gasteiger partial charge in [0.2, 0.25) is 0 Å². The lowest BCUT2D eigenvalue weighted by Crippen LogP contribution is -2.47. The van der Waals surface area contributed by atoms with Gasteiger partial charge < -0.3 is 5.21 Å². The van der Waals surface area contributed by atoms with Gasteiger partial charge in [-0.15, -0.1) is 0 Å². The van der Waals surface area contributed by atoms with E-state index in [1.165, 1.54) is 5.06 Å². The number of hydrogen-bond acceptors (Lipinski definition) is 3. The van der Waals surface area contributed by atoms with Gasteiger partial charge in [0.05, 0.1) is 17.1 Å². The normalized spacial score (nSPS) is 26.5. The maximum absolute atomic E-state index is 9.72. The van der Waals surface area contributed by atoms with Gasteiger partial charge in [-0.2, -0.15) is 10.3 Å². The Hall–Kier alpha value is -0.850. The summed E-state index contributed by atoms with van der Waals surface area (Å²) in [5.41, 5.74) is -0.373. The van der Waals surface area contributed by atoms with Crippen LogP contribution < -0.4 is 0 Å². The number of hydroxylamine groups is 2. The molecule has 0 amide bonds. The van der Waals surface area contributed by atoms with E-state index in [9.17, 15) is 5.21 Å². The molecule has 1 aliphatic heterocycles. The lowest BCUT2D eigenvalue weighted by molar-refractivity contribution is -0.184. The van der Waals surface area contributed by atoms with Gasteiger partial charge in [-0.05, 0) is 33.8 Å². The molecule has 0 bridgehead atoms. The first-order valence-electron chi connectivity index (χ1n) is 3.95. The fraction of sp³-hybridized carbons (Fsp3) is 0.667. The summed E-state index contributed by atoms with van der Waals surface area (Å²) in [7, 11) is 0. The highest BCUT2D eigenvalue weighted by Crippen LogP contribution is 2.37. The van der Waals surface area contributed by atoms with Crippen LogP contribution >= 0.6 is 0 Å². The molecule has 0 saturated heterocycles. The van der Waals surface area contributed by atoms with E-state index >= 15 is 0 Å². The minimum Gasteiger partial charge on any atom is -0.312 e. The van der Waals surface area contributed by atoms with E-state index in [1.807, 2.05) is 27.7 Å². The van der Waals surface area contributed by atoms with Crippen molar-refractivity contribution in [2.45, 2.75) is 38.8 Å². The first-order valence-corrected chi connectivity index (χ1v) is 3.95. The van der Waals surface area contributed by atoms with Gasteiger partial charge >= 0.3 is 0 Å². The monoisotopic (exact) mass is 166 g/mol. The molecule has 0 aromatic rings. The van der Waals surface area contributed by atoms with Crippen molar-refractivity contribution in [3.05, 3.63) is 11.6 Å². The third kappa shape index (κ3) is 1.04. The first kappa shape index (κ1) is 9.24. The quantitative estimate of drug-likeness (QED) is 0.595. The van der Waals surface area contributed by atoms with Gasteiger partial charge in [0.25, 0.3) is 0 Å². The molecular weight excluding hydrogens is 152 g/mol. The van der Waals surface area contributed by atoms with Gasteiger partial charge in [-0.25, -0.2) is 0 Å².